The standard InChI is InChI=1S/C18H17N3O3S/c1-25(22,23)21-18-12-9-15(13-19-18)20-14-7-10-17(11-8-14)24-16-5-3-2-4-6-16/h2-13,20H,1H3,(H,19,21). The fourth-order valence-electron chi connectivity index (χ4n) is 2.12. The number of anilines is 3. The molecule has 1 heterocycles. The first-order chi connectivity index (χ1) is 12.0. The zero-order valence-electron chi connectivity index (χ0n) is 13.5. The third-order valence-electron chi connectivity index (χ3n) is 3.18. The van der Waals surface area contributed by atoms with Crippen molar-refractivity contribution in [3.05, 3.63) is 72.9 Å². The van der Waals surface area contributed by atoms with Gasteiger partial charge in [0.1, 0.15) is 17.3 Å². The number of sulfonamides is 1. The summed E-state index contributed by atoms with van der Waals surface area (Å²) >= 11 is 0. The third-order valence-corrected chi connectivity index (χ3v) is 3.76. The van der Waals surface area contributed by atoms with E-state index in [1.807, 2.05) is 54.6 Å². The Morgan fingerprint density at radius 2 is 1.48 bits per heavy atom. The summed E-state index contributed by atoms with van der Waals surface area (Å²) in [5.41, 5.74) is 1.61. The molecule has 2 N–H and O–H groups in total. The van der Waals surface area contributed by atoms with Crippen LogP contribution in [-0.2, 0) is 10.0 Å². The van der Waals surface area contributed by atoms with Crippen molar-refractivity contribution < 1.29 is 13.2 Å². The van der Waals surface area contributed by atoms with Gasteiger partial charge in [0.2, 0.25) is 10.0 Å². The van der Waals surface area contributed by atoms with Gasteiger partial charge in [0.05, 0.1) is 18.1 Å². The van der Waals surface area contributed by atoms with Crippen molar-refractivity contribution >= 4 is 27.2 Å². The average Bonchev–Trinajstić information content (AvgIpc) is 2.58. The van der Waals surface area contributed by atoms with Crippen LogP contribution in [0.4, 0.5) is 17.2 Å². The number of rotatable bonds is 6. The summed E-state index contributed by atoms with van der Waals surface area (Å²) < 4.78 is 30.4. The fourth-order valence-corrected chi connectivity index (χ4v) is 2.62. The van der Waals surface area contributed by atoms with Gasteiger partial charge in [0.25, 0.3) is 0 Å². The Bertz CT molecular complexity index is 926. The van der Waals surface area contributed by atoms with Crippen molar-refractivity contribution in [1.82, 2.24) is 4.98 Å². The van der Waals surface area contributed by atoms with Crippen LogP contribution in [-0.4, -0.2) is 19.7 Å². The van der Waals surface area contributed by atoms with Crippen LogP contribution in [0.1, 0.15) is 0 Å². The lowest BCUT2D eigenvalue weighted by Gasteiger charge is -2.09. The molecule has 0 amide bonds. The van der Waals surface area contributed by atoms with Gasteiger partial charge in [-0.25, -0.2) is 13.4 Å². The predicted octanol–water partition coefficient (Wildman–Crippen LogP) is 3.99. The minimum Gasteiger partial charge on any atom is -0.457 e. The first-order valence-electron chi connectivity index (χ1n) is 7.52. The third kappa shape index (κ3) is 5.22. The summed E-state index contributed by atoms with van der Waals surface area (Å²) in [4.78, 5) is 4.06. The van der Waals surface area contributed by atoms with E-state index in [0.29, 0.717) is 0 Å². The monoisotopic (exact) mass is 355 g/mol. The Hall–Kier alpha value is -3.06. The number of aromatic nitrogens is 1. The molecule has 3 aromatic rings. The van der Waals surface area contributed by atoms with Crippen molar-refractivity contribution in [2.45, 2.75) is 0 Å². The molecule has 0 radical (unpaired) electrons. The Labute approximate surface area is 146 Å². The van der Waals surface area contributed by atoms with E-state index < -0.39 is 10.0 Å². The van der Waals surface area contributed by atoms with Crippen molar-refractivity contribution in [2.75, 3.05) is 16.3 Å². The van der Waals surface area contributed by atoms with Gasteiger partial charge in [-0.2, -0.15) is 0 Å². The van der Waals surface area contributed by atoms with Crippen molar-refractivity contribution in [3.63, 3.8) is 0 Å². The van der Waals surface area contributed by atoms with Crippen LogP contribution in [0.3, 0.4) is 0 Å². The number of benzene rings is 2. The lowest BCUT2D eigenvalue weighted by molar-refractivity contribution is 0.483. The van der Waals surface area contributed by atoms with Gasteiger partial charge >= 0.3 is 0 Å². The van der Waals surface area contributed by atoms with Gasteiger partial charge in [-0.3, -0.25) is 4.72 Å². The van der Waals surface area contributed by atoms with E-state index in [9.17, 15) is 8.42 Å². The molecule has 6 nitrogen and oxygen atoms in total. The van der Waals surface area contributed by atoms with Gasteiger partial charge in [0.15, 0.2) is 0 Å². The molecule has 0 aliphatic rings. The van der Waals surface area contributed by atoms with Gasteiger partial charge < -0.3 is 10.1 Å². The molecule has 0 spiro atoms. The van der Waals surface area contributed by atoms with Crippen LogP contribution in [0.5, 0.6) is 11.5 Å². The first-order valence-corrected chi connectivity index (χ1v) is 9.41. The second kappa shape index (κ2) is 7.23. The molecule has 1 aromatic heterocycles. The van der Waals surface area contributed by atoms with Gasteiger partial charge in [0, 0.05) is 5.69 Å². The molecule has 0 bridgehead atoms. The summed E-state index contributed by atoms with van der Waals surface area (Å²) in [5, 5.41) is 3.19. The maximum atomic E-state index is 11.2. The molecule has 25 heavy (non-hydrogen) atoms. The van der Waals surface area contributed by atoms with E-state index in [2.05, 4.69) is 15.0 Å². The highest BCUT2D eigenvalue weighted by molar-refractivity contribution is 7.92. The Morgan fingerprint density at radius 3 is 2.08 bits per heavy atom. The summed E-state index contributed by atoms with van der Waals surface area (Å²) in [5.74, 6) is 1.80. The van der Waals surface area contributed by atoms with Crippen molar-refractivity contribution in [3.8, 4) is 11.5 Å². The summed E-state index contributed by atoms with van der Waals surface area (Å²) in [6, 6.07) is 20.4. The molecule has 7 heteroatoms. The minimum atomic E-state index is -3.33. The normalized spacial score (nSPS) is 10.9. The van der Waals surface area contributed by atoms with Crippen molar-refractivity contribution in [2.24, 2.45) is 0 Å². The number of hydrogen-bond donors (Lipinski definition) is 2. The highest BCUT2D eigenvalue weighted by Crippen LogP contribution is 2.24. The highest BCUT2D eigenvalue weighted by Gasteiger charge is 2.03. The summed E-state index contributed by atoms with van der Waals surface area (Å²) in [7, 11) is -3.33. The Balaban J connectivity index is 1.63. The molecule has 0 fully saturated rings. The van der Waals surface area contributed by atoms with Crippen molar-refractivity contribution in [1.29, 1.82) is 0 Å². The molecule has 0 aliphatic heterocycles. The van der Waals surface area contributed by atoms with E-state index in [4.69, 9.17) is 4.74 Å². The molecular formula is C18H17N3O3S. The lowest BCUT2D eigenvalue weighted by Crippen LogP contribution is -2.10. The largest absolute Gasteiger partial charge is 0.457 e. The lowest BCUT2D eigenvalue weighted by atomic mass is 10.3. The van der Waals surface area contributed by atoms with Gasteiger partial charge in [-0.05, 0) is 48.5 Å². The highest BCUT2D eigenvalue weighted by atomic mass is 32.2. The van der Waals surface area contributed by atoms with Gasteiger partial charge in [-0.1, -0.05) is 18.2 Å². The first kappa shape index (κ1) is 16.8. The molecule has 2 aromatic carbocycles. The molecule has 128 valence electrons. The number of pyridine rings is 1. The van der Waals surface area contributed by atoms with E-state index in [1.165, 1.54) is 0 Å². The summed E-state index contributed by atoms with van der Waals surface area (Å²) in [6.07, 6.45) is 2.64. The van der Waals surface area contributed by atoms with E-state index in [1.54, 1.807) is 18.3 Å². The molecule has 0 saturated carbocycles. The Morgan fingerprint density at radius 1 is 0.840 bits per heavy atom. The number of nitrogens with one attached hydrogen (secondary N) is 2. The topological polar surface area (TPSA) is 80.3 Å². The van der Waals surface area contributed by atoms with Crippen LogP contribution in [0.15, 0.2) is 72.9 Å². The summed E-state index contributed by atoms with van der Waals surface area (Å²) in [6.45, 7) is 0. The van der Waals surface area contributed by atoms with E-state index >= 15 is 0 Å². The zero-order valence-corrected chi connectivity index (χ0v) is 14.3. The van der Waals surface area contributed by atoms with Gasteiger partial charge in [-0.15, -0.1) is 0 Å². The maximum Gasteiger partial charge on any atom is 0.230 e. The second-order valence-corrected chi connectivity index (χ2v) is 7.12. The number of nitrogens with zero attached hydrogens (tertiary/aromatic N) is 1. The fraction of sp³-hybridized carbons (Fsp3) is 0.0556. The zero-order chi connectivity index (χ0) is 17.7. The molecule has 0 saturated heterocycles. The van der Waals surface area contributed by atoms with Crippen LogP contribution in [0.2, 0.25) is 0 Å². The van der Waals surface area contributed by atoms with E-state index in [-0.39, 0.29) is 5.82 Å². The minimum absolute atomic E-state index is 0.277. The number of hydrogen-bond acceptors (Lipinski definition) is 5. The van der Waals surface area contributed by atoms with Crippen LogP contribution >= 0.6 is 0 Å². The van der Waals surface area contributed by atoms with Crippen LogP contribution in [0.25, 0.3) is 0 Å². The van der Waals surface area contributed by atoms with E-state index in [0.717, 1.165) is 29.1 Å². The predicted molar refractivity (Wildman–Crippen MR) is 98.9 cm³/mol. The Kier molecular flexibility index (Phi) is 4.85. The molecule has 0 aliphatic carbocycles. The maximum absolute atomic E-state index is 11.2. The second-order valence-electron chi connectivity index (χ2n) is 5.37. The average molecular weight is 355 g/mol. The smallest absolute Gasteiger partial charge is 0.230 e. The molecular weight excluding hydrogens is 338 g/mol. The number of para-hydroxylation sites is 1. The molecule has 0 atom stereocenters. The number of ether oxygens (including phenoxy) is 1. The SMILES string of the molecule is CS(=O)(=O)Nc1ccc(Nc2ccc(Oc3ccccc3)cc2)cn1. The molecule has 3 rings (SSSR count). The van der Waals surface area contributed by atoms with Crippen LogP contribution in [0, 0.1) is 0 Å². The molecule has 0 unspecified atom stereocenters. The van der Waals surface area contributed by atoms with Crippen LogP contribution < -0.4 is 14.8 Å². The quantitative estimate of drug-likeness (QED) is 0.699.